The number of fused-ring (bicyclic) bond motifs is 1. The third-order valence-electron chi connectivity index (χ3n) is 4.20. The van der Waals surface area contributed by atoms with E-state index in [1.807, 2.05) is 31.2 Å². The first-order valence-corrected chi connectivity index (χ1v) is 7.83. The van der Waals surface area contributed by atoms with Crippen LogP contribution in [0.5, 0.6) is 0 Å². The first-order chi connectivity index (χ1) is 11.9. The normalized spacial score (nSPS) is 10.8. The van der Waals surface area contributed by atoms with Gasteiger partial charge in [-0.1, -0.05) is 42.0 Å². The van der Waals surface area contributed by atoms with Crippen molar-refractivity contribution >= 4 is 16.7 Å². The summed E-state index contributed by atoms with van der Waals surface area (Å²) in [6, 6.07) is 11.9. The Hall–Kier alpha value is -3.15. The maximum absolute atomic E-state index is 14.1. The Balaban J connectivity index is 2.04. The van der Waals surface area contributed by atoms with Crippen molar-refractivity contribution in [2.75, 3.05) is 5.84 Å². The molecule has 3 aromatic rings. The van der Waals surface area contributed by atoms with Gasteiger partial charge in [0.15, 0.2) is 0 Å². The van der Waals surface area contributed by atoms with Crippen LogP contribution in [0, 0.1) is 19.7 Å². The SMILES string of the molecule is Cc1cccc(CNC(=O)c2c(C)n(N)c(=O)c3c(F)cccc23)c1. The van der Waals surface area contributed by atoms with Crippen molar-refractivity contribution in [1.82, 2.24) is 9.99 Å². The molecule has 0 saturated carbocycles. The number of carbonyl (C=O) groups is 1. The van der Waals surface area contributed by atoms with Crippen LogP contribution in [0.3, 0.4) is 0 Å². The number of hydrogen-bond donors (Lipinski definition) is 2. The fourth-order valence-electron chi connectivity index (χ4n) is 2.92. The maximum Gasteiger partial charge on any atom is 0.279 e. The molecule has 5 nitrogen and oxygen atoms in total. The highest BCUT2D eigenvalue weighted by atomic mass is 19.1. The topological polar surface area (TPSA) is 77.1 Å². The first-order valence-electron chi connectivity index (χ1n) is 7.83. The fourth-order valence-corrected chi connectivity index (χ4v) is 2.92. The van der Waals surface area contributed by atoms with E-state index in [0.717, 1.165) is 15.8 Å². The molecular weight excluding hydrogens is 321 g/mol. The van der Waals surface area contributed by atoms with Gasteiger partial charge in [-0.3, -0.25) is 9.59 Å². The van der Waals surface area contributed by atoms with E-state index < -0.39 is 17.3 Å². The molecule has 0 fully saturated rings. The molecule has 6 heteroatoms. The largest absolute Gasteiger partial charge is 0.348 e. The van der Waals surface area contributed by atoms with Crippen molar-refractivity contribution in [3.8, 4) is 0 Å². The molecule has 0 aliphatic rings. The highest BCUT2D eigenvalue weighted by molar-refractivity contribution is 6.07. The Labute approximate surface area is 143 Å². The number of pyridine rings is 1. The second-order valence-corrected chi connectivity index (χ2v) is 5.97. The molecule has 0 unspecified atom stereocenters. The number of hydrogen-bond acceptors (Lipinski definition) is 3. The average Bonchev–Trinajstić information content (AvgIpc) is 2.58. The molecule has 0 spiro atoms. The Morgan fingerprint density at radius 3 is 2.64 bits per heavy atom. The molecule has 2 aromatic carbocycles. The summed E-state index contributed by atoms with van der Waals surface area (Å²) in [6.07, 6.45) is 0. The molecule has 0 saturated heterocycles. The maximum atomic E-state index is 14.1. The Kier molecular flexibility index (Phi) is 4.27. The summed E-state index contributed by atoms with van der Waals surface area (Å²) in [5, 5.41) is 2.88. The van der Waals surface area contributed by atoms with Crippen LogP contribution in [-0.4, -0.2) is 10.6 Å². The predicted molar refractivity (Wildman–Crippen MR) is 95.4 cm³/mol. The Morgan fingerprint density at radius 1 is 1.20 bits per heavy atom. The van der Waals surface area contributed by atoms with Crippen LogP contribution >= 0.6 is 0 Å². The predicted octanol–water partition coefficient (Wildman–Crippen LogP) is 2.40. The van der Waals surface area contributed by atoms with Gasteiger partial charge in [-0.15, -0.1) is 0 Å². The summed E-state index contributed by atoms with van der Waals surface area (Å²) in [5.41, 5.74) is 1.85. The van der Waals surface area contributed by atoms with E-state index in [2.05, 4.69) is 5.32 Å². The molecule has 3 rings (SSSR count). The minimum absolute atomic E-state index is 0.184. The zero-order chi connectivity index (χ0) is 18.1. The minimum atomic E-state index is -0.700. The summed E-state index contributed by atoms with van der Waals surface area (Å²) in [5.74, 6) is 4.63. The van der Waals surface area contributed by atoms with Gasteiger partial charge >= 0.3 is 0 Å². The second-order valence-electron chi connectivity index (χ2n) is 5.97. The van der Waals surface area contributed by atoms with Crippen molar-refractivity contribution in [3.63, 3.8) is 0 Å². The number of rotatable bonds is 3. The van der Waals surface area contributed by atoms with Crippen LogP contribution < -0.4 is 16.7 Å². The van der Waals surface area contributed by atoms with E-state index >= 15 is 0 Å². The lowest BCUT2D eigenvalue weighted by Gasteiger charge is -2.14. The van der Waals surface area contributed by atoms with Crippen LogP contribution in [0.2, 0.25) is 0 Å². The smallest absolute Gasteiger partial charge is 0.279 e. The number of nitrogen functional groups attached to an aromatic ring is 1. The van der Waals surface area contributed by atoms with Crippen molar-refractivity contribution in [2.24, 2.45) is 0 Å². The highest BCUT2D eigenvalue weighted by Crippen LogP contribution is 2.21. The molecule has 0 aliphatic heterocycles. The Bertz CT molecular complexity index is 1040. The number of nitrogens with two attached hydrogens (primary N) is 1. The molecule has 0 radical (unpaired) electrons. The van der Waals surface area contributed by atoms with Crippen molar-refractivity contribution in [3.05, 3.63) is 81.0 Å². The minimum Gasteiger partial charge on any atom is -0.348 e. The standard InChI is InChI=1S/C19H18FN3O2/c1-11-5-3-6-13(9-11)10-22-18(24)16-12(2)23(21)19(25)17-14(16)7-4-8-15(17)20/h3-9H,10,21H2,1-2H3,(H,22,24). The van der Waals surface area contributed by atoms with E-state index in [1.165, 1.54) is 12.1 Å². The molecule has 3 N–H and O–H groups in total. The molecule has 1 amide bonds. The van der Waals surface area contributed by atoms with Crippen LogP contribution in [0.1, 0.15) is 27.2 Å². The van der Waals surface area contributed by atoms with Gasteiger partial charge in [0, 0.05) is 11.9 Å². The monoisotopic (exact) mass is 339 g/mol. The summed E-state index contributed by atoms with van der Waals surface area (Å²) in [4.78, 5) is 24.9. The molecule has 128 valence electrons. The number of aryl methyl sites for hydroxylation is 1. The lowest BCUT2D eigenvalue weighted by molar-refractivity contribution is 0.0951. The van der Waals surface area contributed by atoms with E-state index in [1.54, 1.807) is 13.0 Å². The zero-order valence-corrected chi connectivity index (χ0v) is 14.0. The molecular formula is C19H18FN3O2. The molecule has 25 heavy (non-hydrogen) atoms. The number of amides is 1. The van der Waals surface area contributed by atoms with Crippen LogP contribution in [-0.2, 0) is 6.54 Å². The van der Waals surface area contributed by atoms with Gasteiger partial charge in [0.2, 0.25) is 0 Å². The van der Waals surface area contributed by atoms with Gasteiger partial charge in [-0.2, -0.15) is 0 Å². The van der Waals surface area contributed by atoms with E-state index in [9.17, 15) is 14.0 Å². The van der Waals surface area contributed by atoms with Crippen LogP contribution in [0.25, 0.3) is 10.8 Å². The molecule has 1 aromatic heterocycles. The van der Waals surface area contributed by atoms with Gasteiger partial charge in [0.25, 0.3) is 11.5 Å². The van der Waals surface area contributed by atoms with Gasteiger partial charge in [0.1, 0.15) is 5.82 Å². The lowest BCUT2D eigenvalue weighted by Crippen LogP contribution is -2.34. The Morgan fingerprint density at radius 2 is 1.92 bits per heavy atom. The number of nitrogens with one attached hydrogen (secondary N) is 1. The zero-order valence-electron chi connectivity index (χ0n) is 14.0. The highest BCUT2D eigenvalue weighted by Gasteiger charge is 2.20. The summed E-state index contributed by atoms with van der Waals surface area (Å²) < 4.78 is 14.9. The quantitative estimate of drug-likeness (QED) is 0.720. The first kappa shape index (κ1) is 16.7. The third kappa shape index (κ3) is 2.98. The summed E-state index contributed by atoms with van der Waals surface area (Å²) in [6.45, 7) is 3.85. The van der Waals surface area contributed by atoms with E-state index in [-0.39, 0.29) is 22.0 Å². The molecule has 0 aliphatic carbocycles. The number of carbonyl (C=O) groups excluding carboxylic acids is 1. The average molecular weight is 339 g/mol. The van der Waals surface area contributed by atoms with Gasteiger partial charge in [-0.05, 0) is 25.5 Å². The van der Waals surface area contributed by atoms with E-state index in [0.29, 0.717) is 6.54 Å². The number of nitrogens with zero attached hydrogens (tertiary/aromatic N) is 1. The van der Waals surface area contributed by atoms with Crippen molar-refractivity contribution in [2.45, 2.75) is 20.4 Å². The van der Waals surface area contributed by atoms with Gasteiger partial charge < -0.3 is 11.2 Å². The molecule has 0 bridgehead atoms. The van der Waals surface area contributed by atoms with E-state index in [4.69, 9.17) is 5.84 Å². The van der Waals surface area contributed by atoms with Crippen molar-refractivity contribution in [1.29, 1.82) is 0 Å². The third-order valence-corrected chi connectivity index (χ3v) is 4.20. The summed E-state index contributed by atoms with van der Waals surface area (Å²) in [7, 11) is 0. The number of halogens is 1. The van der Waals surface area contributed by atoms with Crippen molar-refractivity contribution < 1.29 is 9.18 Å². The second kappa shape index (κ2) is 6.39. The molecule has 0 atom stereocenters. The molecule has 1 heterocycles. The fraction of sp³-hybridized carbons (Fsp3) is 0.158. The number of benzene rings is 2. The summed E-state index contributed by atoms with van der Waals surface area (Å²) >= 11 is 0. The van der Waals surface area contributed by atoms with Gasteiger partial charge in [0.05, 0.1) is 16.6 Å². The van der Waals surface area contributed by atoms with Gasteiger partial charge in [-0.25, -0.2) is 9.07 Å². The number of aromatic nitrogens is 1. The van der Waals surface area contributed by atoms with Crippen LogP contribution in [0.4, 0.5) is 4.39 Å². The lowest BCUT2D eigenvalue weighted by atomic mass is 10.0. The van der Waals surface area contributed by atoms with Crippen LogP contribution in [0.15, 0.2) is 47.3 Å².